The molecule has 2 aliphatic carbocycles. The van der Waals surface area contributed by atoms with Gasteiger partial charge in [0.05, 0.1) is 18.9 Å². The highest BCUT2D eigenvalue weighted by molar-refractivity contribution is 6.05. The van der Waals surface area contributed by atoms with Gasteiger partial charge in [0.2, 0.25) is 5.91 Å². The number of hydrogen-bond acceptors (Lipinski definition) is 5. The normalized spacial score (nSPS) is 28.2. The maximum atomic E-state index is 12.9. The van der Waals surface area contributed by atoms with Crippen molar-refractivity contribution in [2.24, 2.45) is 23.7 Å². The van der Waals surface area contributed by atoms with Crippen LogP contribution < -0.4 is 15.4 Å². The number of anilines is 2. The first-order chi connectivity index (χ1) is 14.5. The molecule has 2 aromatic carbocycles. The Balaban J connectivity index is 1.29. The summed E-state index contributed by atoms with van der Waals surface area (Å²) in [5.74, 6) is -0.362. The summed E-state index contributed by atoms with van der Waals surface area (Å²) in [7, 11) is 1.56. The van der Waals surface area contributed by atoms with Crippen molar-refractivity contribution in [3.05, 3.63) is 54.1 Å². The number of hydrogen-bond donors (Lipinski definition) is 2. The van der Waals surface area contributed by atoms with Gasteiger partial charge in [-0.1, -0.05) is 12.1 Å². The lowest BCUT2D eigenvalue weighted by molar-refractivity contribution is -0.145. The van der Waals surface area contributed by atoms with E-state index in [0.717, 1.165) is 12.8 Å². The molecule has 1 aliphatic heterocycles. The molecule has 0 radical (unpaired) electrons. The molecule has 154 valence electrons. The van der Waals surface area contributed by atoms with E-state index in [4.69, 9.17) is 9.47 Å². The molecule has 2 N–H and O–H groups in total. The van der Waals surface area contributed by atoms with Crippen LogP contribution in [0, 0.1) is 23.7 Å². The first-order valence-electron chi connectivity index (χ1n) is 10.1. The van der Waals surface area contributed by atoms with Gasteiger partial charge in [-0.25, -0.2) is 0 Å². The maximum absolute atomic E-state index is 12.9. The Hall–Kier alpha value is -3.35. The second-order valence-corrected chi connectivity index (χ2v) is 8.18. The van der Waals surface area contributed by atoms with E-state index < -0.39 is 0 Å². The maximum Gasteiger partial charge on any atom is 0.310 e. The Labute approximate surface area is 173 Å². The number of fused-ring (bicyclic) bond motifs is 1. The Bertz CT molecular complexity index is 1030. The molecule has 0 unspecified atom stereocenters. The summed E-state index contributed by atoms with van der Waals surface area (Å²) in [6, 6.07) is 13.9. The Kier molecular flexibility index (Phi) is 4.46. The number of nitrogens with one attached hydrogen (secondary N) is 2. The van der Waals surface area contributed by atoms with E-state index in [9.17, 15) is 14.4 Å². The van der Waals surface area contributed by atoms with Crippen LogP contribution in [-0.4, -0.2) is 31.0 Å². The first-order valence-corrected chi connectivity index (χ1v) is 10.1. The van der Waals surface area contributed by atoms with E-state index in [1.54, 1.807) is 55.6 Å². The molecule has 5 atom stereocenters. The second-order valence-electron chi connectivity index (χ2n) is 8.18. The molecule has 3 aliphatic rings. The van der Waals surface area contributed by atoms with Gasteiger partial charge in [0.15, 0.2) is 0 Å². The van der Waals surface area contributed by atoms with Gasteiger partial charge in [0, 0.05) is 28.9 Å². The van der Waals surface area contributed by atoms with Crippen LogP contribution in [0.1, 0.15) is 23.2 Å². The van der Waals surface area contributed by atoms with E-state index in [1.807, 2.05) is 0 Å². The molecular weight excluding hydrogens is 384 g/mol. The van der Waals surface area contributed by atoms with Crippen LogP contribution in [0.5, 0.6) is 5.75 Å². The highest BCUT2D eigenvalue weighted by Crippen LogP contribution is 2.57. The van der Waals surface area contributed by atoms with Gasteiger partial charge in [-0.15, -0.1) is 0 Å². The number of carbonyl (C=O) groups is 3. The van der Waals surface area contributed by atoms with Gasteiger partial charge in [-0.2, -0.15) is 0 Å². The van der Waals surface area contributed by atoms with Crippen molar-refractivity contribution in [1.29, 1.82) is 0 Å². The van der Waals surface area contributed by atoms with Crippen LogP contribution in [0.4, 0.5) is 11.4 Å². The van der Waals surface area contributed by atoms with Gasteiger partial charge in [-0.05, 0) is 49.1 Å². The molecule has 0 spiro atoms. The summed E-state index contributed by atoms with van der Waals surface area (Å²) in [5, 5.41) is 5.73. The molecule has 7 nitrogen and oxygen atoms in total. The van der Waals surface area contributed by atoms with Crippen molar-refractivity contribution in [2.45, 2.75) is 18.9 Å². The quantitative estimate of drug-likeness (QED) is 0.745. The number of amides is 2. The average molecular weight is 406 g/mol. The highest BCUT2D eigenvalue weighted by atomic mass is 16.6. The van der Waals surface area contributed by atoms with Gasteiger partial charge < -0.3 is 20.1 Å². The van der Waals surface area contributed by atoms with Crippen molar-refractivity contribution in [1.82, 2.24) is 0 Å². The molecule has 0 aromatic heterocycles. The smallest absolute Gasteiger partial charge is 0.310 e. The summed E-state index contributed by atoms with van der Waals surface area (Å²) in [6.45, 7) is 0. The second kappa shape index (κ2) is 7.16. The Morgan fingerprint density at radius 2 is 1.80 bits per heavy atom. The first kappa shape index (κ1) is 18.7. The molecule has 1 heterocycles. The number of esters is 1. The largest absolute Gasteiger partial charge is 0.497 e. The zero-order valence-corrected chi connectivity index (χ0v) is 16.5. The van der Waals surface area contributed by atoms with Crippen molar-refractivity contribution in [3.8, 4) is 5.75 Å². The van der Waals surface area contributed by atoms with E-state index in [-0.39, 0.29) is 47.6 Å². The van der Waals surface area contributed by atoms with Crippen molar-refractivity contribution in [3.63, 3.8) is 0 Å². The lowest BCUT2D eigenvalue weighted by atomic mass is 9.79. The monoisotopic (exact) mass is 406 g/mol. The minimum atomic E-state index is -0.351. The highest BCUT2D eigenvalue weighted by Gasteiger charge is 2.63. The zero-order valence-electron chi connectivity index (χ0n) is 16.5. The standard InChI is InChI=1S/C23H22N2O5/c1-29-16-7-3-6-15(11-16)24-21(26)12-4-2-5-14(8-12)25-22(27)19-13-9-17-18(10-13)30-23(28)20(17)19/h2-8,11,13,17-20H,9-10H2,1H3,(H,24,26)(H,25,27)/t13-,17-,18+,19+,20-/m0/s1. The number of carbonyl (C=O) groups excluding carboxylic acids is 3. The van der Waals surface area contributed by atoms with Crippen LogP contribution in [0.25, 0.3) is 0 Å². The van der Waals surface area contributed by atoms with E-state index in [0.29, 0.717) is 22.7 Å². The van der Waals surface area contributed by atoms with Crippen LogP contribution in [0.15, 0.2) is 48.5 Å². The molecule has 3 fully saturated rings. The summed E-state index contributed by atoms with van der Waals surface area (Å²) >= 11 is 0. The van der Waals surface area contributed by atoms with Crippen molar-refractivity contribution < 1.29 is 23.9 Å². The zero-order chi connectivity index (χ0) is 20.8. The third-order valence-electron chi connectivity index (χ3n) is 6.51. The van der Waals surface area contributed by atoms with Crippen LogP contribution in [0.2, 0.25) is 0 Å². The lowest BCUT2D eigenvalue weighted by Crippen LogP contribution is -2.35. The van der Waals surface area contributed by atoms with Crippen molar-refractivity contribution >= 4 is 29.2 Å². The Morgan fingerprint density at radius 3 is 2.60 bits per heavy atom. The van der Waals surface area contributed by atoms with E-state index in [2.05, 4.69) is 10.6 Å². The minimum absolute atomic E-state index is 0.000171. The molecular formula is C23H22N2O5. The summed E-state index contributed by atoms with van der Waals surface area (Å²) in [6.07, 6.45) is 1.65. The average Bonchev–Trinajstić information content (AvgIpc) is 3.37. The predicted octanol–water partition coefficient (Wildman–Crippen LogP) is 3.08. The fraction of sp³-hybridized carbons (Fsp3) is 0.348. The van der Waals surface area contributed by atoms with Crippen LogP contribution >= 0.6 is 0 Å². The fourth-order valence-electron chi connectivity index (χ4n) is 5.23. The molecule has 2 bridgehead atoms. The molecule has 30 heavy (non-hydrogen) atoms. The number of methoxy groups -OCH3 is 1. The predicted molar refractivity (Wildman–Crippen MR) is 109 cm³/mol. The van der Waals surface area contributed by atoms with E-state index >= 15 is 0 Å². The van der Waals surface area contributed by atoms with E-state index in [1.165, 1.54) is 0 Å². The summed E-state index contributed by atoms with van der Waals surface area (Å²) in [5.41, 5.74) is 1.57. The van der Waals surface area contributed by atoms with Crippen LogP contribution in [-0.2, 0) is 14.3 Å². The SMILES string of the molecule is COc1cccc(NC(=O)c2cccc(NC(=O)[C@@H]3[C@H]4C[C@@H]5[C@@H]3C(=O)O[C@@H]5C4)c2)c1. The third-order valence-corrected chi connectivity index (χ3v) is 6.51. The lowest BCUT2D eigenvalue weighted by Gasteiger charge is -2.23. The fourth-order valence-corrected chi connectivity index (χ4v) is 5.23. The number of ether oxygens (including phenoxy) is 2. The summed E-state index contributed by atoms with van der Waals surface area (Å²) < 4.78 is 10.6. The number of rotatable bonds is 5. The minimum Gasteiger partial charge on any atom is -0.497 e. The number of benzene rings is 2. The topological polar surface area (TPSA) is 93.7 Å². The van der Waals surface area contributed by atoms with Gasteiger partial charge >= 0.3 is 5.97 Å². The van der Waals surface area contributed by atoms with Crippen molar-refractivity contribution in [2.75, 3.05) is 17.7 Å². The molecule has 2 amide bonds. The summed E-state index contributed by atoms with van der Waals surface area (Å²) in [4.78, 5) is 37.7. The van der Waals surface area contributed by atoms with Gasteiger partial charge in [-0.3, -0.25) is 14.4 Å². The Morgan fingerprint density at radius 1 is 1.03 bits per heavy atom. The molecule has 2 saturated carbocycles. The van der Waals surface area contributed by atoms with Gasteiger partial charge in [0.1, 0.15) is 11.9 Å². The molecule has 1 saturated heterocycles. The third kappa shape index (κ3) is 3.10. The molecule has 7 heteroatoms. The molecule has 2 aromatic rings. The van der Waals surface area contributed by atoms with Gasteiger partial charge in [0.25, 0.3) is 5.91 Å². The van der Waals surface area contributed by atoms with Crippen LogP contribution in [0.3, 0.4) is 0 Å². The molecule has 5 rings (SSSR count).